The Morgan fingerprint density at radius 1 is 0.935 bits per heavy atom. The van der Waals surface area contributed by atoms with Crippen molar-refractivity contribution in [2.45, 2.75) is 6.92 Å². The number of hydrogen-bond acceptors (Lipinski definition) is 5. The first kappa shape index (κ1) is 21.7. The lowest BCUT2D eigenvalue weighted by Crippen LogP contribution is -2.19. The number of benzene rings is 3. The monoisotopic (exact) mass is 415 g/mol. The molecule has 0 unspecified atom stereocenters. The first-order valence-electron chi connectivity index (χ1n) is 9.74. The number of nitrogens with one attached hydrogen (secondary N) is 1. The van der Waals surface area contributed by atoms with Crippen LogP contribution in [0, 0.1) is 6.92 Å². The maximum Gasteiger partial charge on any atom is 0.271 e. The second-order valence-corrected chi connectivity index (χ2v) is 7.09. The summed E-state index contributed by atoms with van der Waals surface area (Å²) in [4.78, 5) is 14.5. The number of rotatable bonds is 6. The van der Waals surface area contributed by atoms with Crippen molar-refractivity contribution < 1.29 is 9.53 Å². The largest absolute Gasteiger partial charge is 0.497 e. The number of methoxy groups -OCH3 is 1. The van der Waals surface area contributed by atoms with Gasteiger partial charge in [0.15, 0.2) is 0 Å². The number of amides is 1. The van der Waals surface area contributed by atoms with Gasteiger partial charge in [0.25, 0.3) is 5.91 Å². The lowest BCUT2D eigenvalue weighted by molar-refractivity contribution is 0.0955. The van der Waals surface area contributed by atoms with Gasteiger partial charge in [0.2, 0.25) is 5.84 Å². The van der Waals surface area contributed by atoms with E-state index in [9.17, 15) is 4.79 Å². The van der Waals surface area contributed by atoms with E-state index in [1.165, 1.54) is 0 Å². The van der Waals surface area contributed by atoms with Crippen molar-refractivity contribution >= 4 is 23.1 Å². The number of anilines is 1. The van der Waals surface area contributed by atoms with Gasteiger partial charge in [-0.2, -0.15) is 0 Å². The van der Waals surface area contributed by atoms with E-state index >= 15 is 0 Å². The zero-order valence-electron chi connectivity index (χ0n) is 18.0. The fraction of sp³-hybridized carbons (Fsp3) is 0.167. The zero-order valence-corrected chi connectivity index (χ0v) is 18.0. The van der Waals surface area contributed by atoms with Crippen molar-refractivity contribution in [1.82, 2.24) is 5.43 Å². The van der Waals surface area contributed by atoms with E-state index in [1.54, 1.807) is 25.3 Å². The number of carbonyl (C=O) groups excluding carboxylic acids is 1. The van der Waals surface area contributed by atoms with Crippen LogP contribution >= 0.6 is 0 Å². The molecule has 0 aliphatic rings. The normalized spacial score (nSPS) is 11.4. The predicted molar refractivity (Wildman–Crippen MR) is 123 cm³/mol. The summed E-state index contributed by atoms with van der Waals surface area (Å²) < 4.78 is 5.22. The Labute approximate surface area is 182 Å². The van der Waals surface area contributed by atoms with Crippen LogP contribution in [0.4, 0.5) is 11.4 Å². The molecule has 0 bridgehead atoms. The Bertz CT molecular complexity index is 1090. The van der Waals surface area contributed by atoms with Gasteiger partial charge in [0, 0.05) is 37.0 Å². The van der Waals surface area contributed by atoms with Gasteiger partial charge < -0.3 is 9.64 Å². The van der Waals surface area contributed by atoms with Crippen LogP contribution < -0.4 is 15.1 Å². The highest BCUT2D eigenvalue weighted by molar-refractivity contribution is 6.01. The molecule has 31 heavy (non-hydrogen) atoms. The van der Waals surface area contributed by atoms with Crippen LogP contribution in [-0.4, -0.2) is 32.9 Å². The number of aryl methyl sites for hydroxylation is 1. The maximum absolute atomic E-state index is 12.5. The number of carbonyl (C=O) groups is 1. The zero-order chi connectivity index (χ0) is 22.2. The summed E-state index contributed by atoms with van der Waals surface area (Å²) in [6, 6.07) is 22.2. The molecule has 158 valence electrons. The lowest BCUT2D eigenvalue weighted by atomic mass is 10.1. The second kappa shape index (κ2) is 10.2. The Morgan fingerprint density at radius 3 is 2.26 bits per heavy atom. The number of hydrazone groups is 1. The summed E-state index contributed by atoms with van der Waals surface area (Å²) in [5.41, 5.74) is 6.54. The molecule has 0 saturated carbocycles. The third-order valence-corrected chi connectivity index (χ3v) is 4.53. The molecule has 1 amide bonds. The van der Waals surface area contributed by atoms with Crippen molar-refractivity contribution in [2.24, 2.45) is 15.3 Å². The Balaban J connectivity index is 1.88. The lowest BCUT2D eigenvalue weighted by Gasteiger charge is -2.12. The Hall–Kier alpha value is -4.00. The molecule has 0 aliphatic carbocycles. The standard InChI is InChI=1S/C24H25N5O2/c1-17-8-10-19(11-9-17)24(30)28-27-23(18-12-14-21(15-13-18)29(2)3)26-25-20-6-5-7-22(16-20)31-4/h5-16H,1-4H3,(H,28,30)/b26-25?,27-23-. The fourth-order valence-electron chi connectivity index (χ4n) is 2.70. The third-order valence-electron chi connectivity index (χ3n) is 4.53. The minimum Gasteiger partial charge on any atom is -0.497 e. The van der Waals surface area contributed by atoms with Crippen LogP contribution in [0.2, 0.25) is 0 Å². The van der Waals surface area contributed by atoms with Crippen LogP contribution in [-0.2, 0) is 0 Å². The van der Waals surface area contributed by atoms with E-state index in [4.69, 9.17) is 4.74 Å². The quantitative estimate of drug-likeness (QED) is 0.268. The van der Waals surface area contributed by atoms with Crippen molar-refractivity contribution in [3.8, 4) is 5.75 Å². The summed E-state index contributed by atoms with van der Waals surface area (Å²) >= 11 is 0. The number of azo groups is 1. The van der Waals surface area contributed by atoms with Gasteiger partial charge in [-0.05, 0) is 55.5 Å². The van der Waals surface area contributed by atoms with Gasteiger partial charge in [-0.3, -0.25) is 4.79 Å². The summed E-state index contributed by atoms with van der Waals surface area (Å²) in [7, 11) is 5.53. The molecule has 0 radical (unpaired) electrons. The van der Waals surface area contributed by atoms with Crippen LogP contribution in [0.25, 0.3) is 0 Å². The summed E-state index contributed by atoms with van der Waals surface area (Å²) in [5.74, 6) is 0.644. The van der Waals surface area contributed by atoms with Gasteiger partial charge in [0.05, 0.1) is 12.8 Å². The molecule has 0 heterocycles. The van der Waals surface area contributed by atoms with E-state index in [1.807, 2.05) is 80.5 Å². The third kappa shape index (κ3) is 5.99. The van der Waals surface area contributed by atoms with Crippen LogP contribution in [0.15, 0.2) is 88.1 Å². The molecular formula is C24H25N5O2. The van der Waals surface area contributed by atoms with E-state index < -0.39 is 0 Å². The number of amidine groups is 1. The molecule has 0 aliphatic heterocycles. The van der Waals surface area contributed by atoms with Gasteiger partial charge in [-0.15, -0.1) is 15.3 Å². The highest BCUT2D eigenvalue weighted by Crippen LogP contribution is 2.20. The number of hydrogen-bond donors (Lipinski definition) is 1. The summed E-state index contributed by atoms with van der Waals surface area (Å²) in [6.07, 6.45) is 0. The molecule has 0 spiro atoms. The molecule has 0 atom stereocenters. The minimum absolute atomic E-state index is 0.286. The van der Waals surface area contributed by atoms with Crippen molar-refractivity contribution in [2.75, 3.05) is 26.1 Å². The average Bonchev–Trinajstić information content (AvgIpc) is 2.79. The first-order chi connectivity index (χ1) is 15.0. The molecule has 3 aromatic carbocycles. The SMILES string of the molecule is COc1cccc(N=N/C(=N\NC(=O)c2ccc(C)cc2)c2ccc(N(C)C)cc2)c1. The van der Waals surface area contributed by atoms with E-state index in [0.717, 1.165) is 16.8 Å². The van der Waals surface area contributed by atoms with E-state index in [0.29, 0.717) is 17.0 Å². The highest BCUT2D eigenvalue weighted by Gasteiger charge is 2.08. The van der Waals surface area contributed by atoms with Crippen LogP contribution in [0.3, 0.4) is 0 Å². The molecule has 0 aromatic heterocycles. The Morgan fingerprint density at radius 2 is 1.61 bits per heavy atom. The van der Waals surface area contributed by atoms with Crippen LogP contribution in [0.5, 0.6) is 5.75 Å². The fourth-order valence-corrected chi connectivity index (χ4v) is 2.70. The predicted octanol–water partition coefficient (Wildman–Crippen LogP) is 4.95. The van der Waals surface area contributed by atoms with Gasteiger partial charge in [-0.25, -0.2) is 5.43 Å². The molecule has 1 N–H and O–H groups in total. The first-order valence-corrected chi connectivity index (χ1v) is 9.74. The van der Waals surface area contributed by atoms with Gasteiger partial charge >= 0.3 is 0 Å². The molecule has 3 aromatic rings. The molecule has 0 fully saturated rings. The minimum atomic E-state index is -0.320. The molecule has 7 heteroatoms. The number of ether oxygens (including phenoxy) is 1. The summed E-state index contributed by atoms with van der Waals surface area (Å²) in [6.45, 7) is 1.97. The highest BCUT2D eigenvalue weighted by atomic mass is 16.5. The topological polar surface area (TPSA) is 78.6 Å². The molecular weight excluding hydrogens is 390 g/mol. The second-order valence-electron chi connectivity index (χ2n) is 7.09. The van der Waals surface area contributed by atoms with E-state index in [-0.39, 0.29) is 11.7 Å². The van der Waals surface area contributed by atoms with Crippen molar-refractivity contribution in [1.29, 1.82) is 0 Å². The van der Waals surface area contributed by atoms with Gasteiger partial charge in [0.1, 0.15) is 5.75 Å². The van der Waals surface area contributed by atoms with E-state index in [2.05, 4.69) is 20.8 Å². The number of nitrogens with zero attached hydrogens (tertiary/aromatic N) is 4. The van der Waals surface area contributed by atoms with Crippen molar-refractivity contribution in [3.05, 3.63) is 89.5 Å². The van der Waals surface area contributed by atoms with Crippen LogP contribution in [0.1, 0.15) is 21.5 Å². The average molecular weight is 415 g/mol. The molecule has 3 rings (SSSR count). The smallest absolute Gasteiger partial charge is 0.271 e. The molecule has 0 saturated heterocycles. The summed E-state index contributed by atoms with van der Waals surface area (Å²) in [5, 5.41) is 12.8. The van der Waals surface area contributed by atoms with Gasteiger partial charge in [-0.1, -0.05) is 23.8 Å². The molecule has 7 nitrogen and oxygen atoms in total. The Kier molecular flexibility index (Phi) is 7.11. The van der Waals surface area contributed by atoms with Crippen molar-refractivity contribution in [3.63, 3.8) is 0 Å². The maximum atomic E-state index is 12.5.